The van der Waals surface area contributed by atoms with Crippen LogP contribution in [0.2, 0.25) is 0 Å². The summed E-state index contributed by atoms with van der Waals surface area (Å²) < 4.78 is 22.1. The van der Waals surface area contributed by atoms with E-state index in [0.717, 1.165) is 83.5 Å². The number of hydrogen-bond acceptors (Lipinski definition) is 6. The summed E-state index contributed by atoms with van der Waals surface area (Å²) in [7, 11) is -4.36. The maximum absolute atomic E-state index is 12.8. The monoisotopic (exact) mass is 789 g/mol. The van der Waals surface area contributed by atoms with Gasteiger partial charge in [-0.1, -0.05) is 163 Å². The zero-order chi connectivity index (χ0) is 40.3. The number of phosphoric acid groups is 1. The second kappa shape index (κ2) is 41.3. The van der Waals surface area contributed by atoms with Crippen LogP contribution >= 0.6 is 7.82 Å². The van der Waals surface area contributed by atoms with Crippen LogP contribution in [0.3, 0.4) is 0 Å². The van der Waals surface area contributed by atoms with Crippen LogP contribution in [0.15, 0.2) is 85.1 Å². The van der Waals surface area contributed by atoms with Crippen molar-refractivity contribution in [2.24, 2.45) is 5.73 Å². The number of hydrogen-bond donors (Lipinski definition) is 4. The standard InChI is InChI=1S/C46H81N2O6P/c1-3-5-7-9-11-13-15-17-19-20-21-22-23-24-26-28-30-32-34-36-38-40-46(50)48-44(43-54-55(51,52)53-42-41-47)45(49)39-37-35-33-31-29-27-25-18-16-14-12-10-8-6-4-2/h5,7,11,13,16-19,21-22,29,31,37,39,44-45,49H,3-4,6,8-10,12,14-15,20,23-28,30,32-36,38,40-43,47H2,1-2H3,(H,48,50)(H,51,52)/b7-5-,13-11-,18-16+,19-17-,22-21-,31-29+,39-37+. The van der Waals surface area contributed by atoms with E-state index in [1.807, 2.05) is 6.08 Å². The number of aliphatic hydroxyl groups is 1. The van der Waals surface area contributed by atoms with E-state index in [1.165, 1.54) is 64.2 Å². The number of allylic oxidation sites excluding steroid dienone is 13. The van der Waals surface area contributed by atoms with Gasteiger partial charge in [0.2, 0.25) is 5.91 Å². The largest absolute Gasteiger partial charge is 0.472 e. The second-order valence-electron chi connectivity index (χ2n) is 14.1. The van der Waals surface area contributed by atoms with Crippen LogP contribution in [0.5, 0.6) is 0 Å². The summed E-state index contributed by atoms with van der Waals surface area (Å²) in [4.78, 5) is 22.7. The Morgan fingerprint density at radius 3 is 1.62 bits per heavy atom. The van der Waals surface area contributed by atoms with E-state index in [-0.39, 0.29) is 25.7 Å². The lowest BCUT2D eigenvalue weighted by Crippen LogP contribution is -2.45. The molecule has 0 aromatic heterocycles. The van der Waals surface area contributed by atoms with Gasteiger partial charge in [0, 0.05) is 13.0 Å². The summed E-state index contributed by atoms with van der Waals surface area (Å²) in [6.07, 6.45) is 54.9. The molecule has 8 nitrogen and oxygen atoms in total. The van der Waals surface area contributed by atoms with E-state index >= 15 is 0 Å². The van der Waals surface area contributed by atoms with E-state index in [9.17, 15) is 19.4 Å². The normalized spacial score (nSPS) is 14.9. The Balaban J connectivity index is 4.29. The number of aliphatic hydroxyl groups excluding tert-OH is 1. The number of nitrogens with two attached hydrogens (primary N) is 1. The number of carbonyl (C=O) groups excluding carboxylic acids is 1. The smallest absolute Gasteiger partial charge is 0.387 e. The quantitative estimate of drug-likeness (QED) is 0.0277. The fraction of sp³-hybridized carbons (Fsp3) is 0.674. The van der Waals surface area contributed by atoms with E-state index < -0.39 is 20.0 Å². The molecule has 0 bridgehead atoms. The number of unbranched alkanes of at least 4 members (excludes halogenated alkanes) is 15. The minimum absolute atomic E-state index is 0.0659. The third-order valence-corrected chi connectivity index (χ3v) is 9.92. The minimum Gasteiger partial charge on any atom is -0.387 e. The van der Waals surface area contributed by atoms with Crippen LogP contribution in [0.4, 0.5) is 0 Å². The van der Waals surface area contributed by atoms with Crippen molar-refractivity contribution in [3.63, 3.8) is 0 Å². The van der Waals surface area contributed by atoms with Crippen LogP contribution in [0, 0.1) is 0 Å². The Hall–Kier alpha value is -2.32. The molecular weight excluding hydrogens is 707 g/mol. The first-order chi connectivity index (χ1) is 26.9. The van der Waals surface area contributed by atoms with Crippen molar-refractivity contribution in [1.82, 2.24) is 5.32 Å². The van der Waals surface area contributed by atoms with Gasteiger partial charge in [-0.05, 0) is 83.5 Å². The lowest BCUT2D eigenvalue weighted by Gasteiger charge is -2.23. The molecule has 0 aromatic rings. The predicted octanol–water partition coefficient (Wildman–Crippen LogP) is 12.2. The van der Waals surface area contributed by atoms with E-state index in [0.29, 0.717) is 6.42 Å². The van der Waals surface area contributed by atoms with Crippen LogP contribution in [-0.2, 0) is 18.4 Å². The van der Waals surface area contributed by atoms with Crippen molar-refractivity contribution in [2.75, 3.05) is 19.8 Å². The minimum atomic E-state index is -4.36. The Morgan fingerprint density at radius 1 is 0.618 bits per heavy atom. The molecule has 0 fully saturated rings. The molecule has 1 amide bonds. The lowest BCUT2D eigenvalue weighted by molar-refractivity contribution is -0.123. The second-order valence-corrected chi connectivity index (χ2v) is 15.6. The van der Waals surface area contributed by atoms with Gasteiger partial charge in [0.05, 0.1) is 25.4 Å². The molecule has 0 saturated carbocycles. The topological polar surface area (TPSA) is 131 Å². The summed E-state index contributed by atoms with van der Waals surface area (Å²) in [5.74, 6) is -0.221. The molecule has 316 valence electrons. The molecule has 0 aliphatic rings. The fourth-order valence-corrected chi connectivity index (χ4v) is 6.44. The molecule has 5 N–H and O–H groups in total. The van der Waals surface area contributed by atoms with Crippen LogP contribution < -0.4 is 11.1 Å². The van der Waals surface area contributed by atoms with Gasteiger partial charge < -0.3 is 21.1 Å². The number of rotatable bonds is 39. The van der Waals surface area contributed by atoms with Crippen LogP contribution in [0.1, 0.15) is 168 Å². The van der Waals surface area contributed by atoms with Gasteiger partial charge in [-0.25, -0.2) is 4.57 Å². The number of nitrogens with one attached hydrogen (secondary N) is 1. The Labute approximate surface area is 337 Å². The highest BCUT2D eigenvalue weighted by Gasteiger charge is 2.26. The van der Waals surface area contributed by atoms with Crippen molar-refractivity contribution in [1.29, 1.82) is 0 Å². The number of carbonyl (C=O) groups is 1. The third kappa shape index (κ3) is 39.7. The Bertz CT molecular complexity index is 1130. The molecule has 55 heavy (non-hydrogen) atoms. The van der Waals surface area contributed by atoms with Gasteiger partial charge in [0.15, 0.2) is 0 Å². The van der Waals surface area contributed by atoms with Gasteiger partial charge in [-0.15, -0.1) is 0 Å². The zero-order valence-electron chi connectivity index (χ0n) is 34.9. The molecule has 0 aliphatic carbocycles. The fourth-order valence-electron chi connectivity index (χ4n) is 5.68. The van der Waals surface area contributed by atoms with Crippen molar-refractivity contribution in [3.8, 4) is 0 Å². The maximum Gasteiger partial charge on any atom is 0.472 e. The van der Waals surface area contributed by atoms with Gasteiger partial charge >= 0.3 is 7.82 Å². The summed E-state index contributed by atoms with van der Waals surface area (Å²) in [5, 5.41) is 13.6. The summed E-state index contributed by atoms with van der Waals surface area (Å²) in [6, 6.07) is -0.892. The maximum atomic E-state index is 12.8. The van der Waals surface area contributed by atoms with Gasteiger partial charge in [-0.2, -0.15) is 0 Å². The molecule has 0 heterocycles. The molecule has 3 atom stereocenters. The first-order valence-electron chi connectivity index (χ1n) is 21.7. The molecular formula is C46H81N2O6P. The van der Waals surface area contributed by atoms with Crippen molar-refractivity contribution in [2.45, 2.75) is 180 Å². The van der Waals surface area contributed by atoms with E-state index in [4.69, 9.17) is 14.8 Å². The lowest BCUT2D eigenvalue weighted by atomic mass is 10.1. The highest BCUT2D eigenvalue weighted by atomic mass is 31.2. The first-order valence-corrected chi connectivity index (χ1v) is 23.2. The summed E-state index contributed by atoms with van der Waals surface area (Å²) in [6.45, 7) is 3.95. The van der Waals surface area contributed by atoms with Crippen molar-refractivity contribution < 1.29 is 28.4 Å². The molecule has 0 aliphatic heterocycles. The van der Waals surface area contributed by atoms with Gasteiger partial charge in [0.1, 0.15) is 0 Å². The first kappa shape index (κ1) is 52.7. The molecule has 0 radical (unpaired) electrons. The summed E-state index contributed by atoms with van der Waals surface area (Å²) in [5.41, 5.74) is 5.37. The molecule has 0 spiro atoms. The Kier molecular flexibility index (Phi) is 39.6. The zero-order valence-corrected chi connectivity index (χ0v) is 35.8. The third-order valence-electron chi connectivity index (χ3n) is 8.93. The van der Waals surface area contributed by atoms with Gasteiger partial charge in [-0.3, -0.25) is 13.8 Å². The van der Waals surface area contributed by atoms with Crippen LogP contribution in [-0.4, -0.2) is 47.8 Å². The van der Waals surface area contributed by atoms with E-state index in [1.54, 1.807) is 6.08 Å². The van der Waals surface area contributed by atoms with E-state index in [2.05, 4.69) is 92.1 Å². The van der Waals surface area contributed by atoms with Crippen LogP contribution in [0.25, 0.3) is 0 Å². The van der Waals surface area contributed by atoms with Gasteiger partial charge in [0.25, 0.3) is 0 Å². The highest BCUT2D eigenvalue weighted by Crippen LogP contribution is 2.43. The average Bonchev–Trinajstić information content (AvgIpc) is 3.17. The average molecular weight is 789 g/mol. The SMILES string of the molecule is CC/C=C\C/C=C\C/C=C\C/C=C\CCCCCCCCCCC(=O)NC(COP(=O)(O)OCCN)C(O)/C=C/CC/C=C/CC/C=C/CCCCCCC. The van der Waals surface area contributed by atoms with Crippen molar-refractivity contribution in [3.05, 3.63) is 85.1 Å². The van der Waals surface area contributed by atoms with Crippen molar-refractivity contribution >= 4 is 13.7 Å². The Morgan fingerprint density at radius 2 is 1.07 bits per heavy atom. The predicted molar refractivity (Wildman–Crippen MR) is 235 cm³/mol. The molecule has 0 rings (SSSR count). The number of phosphoric ester groups is 1. The summed E-state index contributed by atoms with van der Waals surface area (Å²) >= 11 is 0. The number of amides is 1. The molecule has 0 aromatic carbocycles. The molecule has 0 saturated heterocycles. The molecule has 9 heteroatoms. The highest BCUT2D eigenvalue weighted by molar-refractivity contribution is 7.47. The molecule has 3 unspecified atom stereocenters.